The summed E-state index contributed by atoms with van der Waals surface area (Å²) in [5, 5.41) is 27.0. The highest BCUT2D eigenvalue weighted by molar-refractivity contribution is 4.98. The summed E-state index contributed by atoms with van der Waals surface area (Å²) in [5.74, 6) is -0.231. The lowest BCUT2D eigenvalue weighted by Gasteiger charge is -2.14. The molecule has 2 atom stereocenters. The molecular formula is C7H15NO3. The van der Waals surface area contributed by atoms with Gasteiger partial charge in [0.1, 0.15) is 11.9 Å². The number of nitrogens with zero attached hydrogens (tertiary/aromatic N) is 1. The van der Waals surface area contributed by atoms with Crippen molar-refractivity contribution in [3.05, 3.63) is 12.0 Å². The van der Waals surface area contributed by atoms with Crippen LogP contribution in [-0.2, 0) is 0 Å². The summed E-state index contributed by atoms with van der Waals surface area (Å²) in [5.41, 5.74) is 0. The molecule has 0 aromatic rings. The monoisotopic (exact) mass is 161 g/mol. The Morgan fingerprint density at radius 3 is 2.09 bits per heavy atom. The summed E-state index contributed by atoms with van der Waals surface area (Å²) in [6, 6.07) is 0. The molecule has 0 saturated heterocycles. The van der Waals surface area contributed by atoms with E-state index in [2.05, 4.69) is 0 Å². The van der Waals surface area contributed by atoms with Crippen LogP contribution in [0.4, 0.5) is 0 Å². The quantitative estimate of drug-likeness (QED) is 0.497. The van der Waals surface area contributed by atoms with Gasteiger partial charge in [0, 0.05) is 20.3 Å². The van der Waals surface area contributed by atoms with Crippen molar-refractivity contribution < 1.29 is 15.3 Å². The van der Waals surface area contributed by atoms with E-state index in [1.54, 1.807) is 19.0 Å². The van der Waals surface area contributed by atoms with Gasteiger partial charge >= 0.3 is 0 Å². The normalized spacial score (nSPS) is 17.7. The highest BCUT2D eigenvalue weighted by Crippen LogP contribution is 2.02. The van der Waals surface area contributed by atoms with E-state index in [0.29, 0.717) is 0 Å². The van der Waals surface area contributed by atoms with Gasteiger partial charge in [-0.1, -0.05) is 0 Å². The van der Waals surface area contributed by atoms with Crippen molar-refractivity contribution in [3.63, 3.8) is 0 Å². The maximum atomic E-state index is 9.07. The average molecular weight is 161 g/mol. The Morgan fingerprint density at radius 2 is 1.82 bits per heavy atom. The first-order valence-corrected chi connectivity index (χ1v) is 3.38. The van der Waals surface area contributed by atoms with Gasteiger partial charge in [0.05, 0.1) is 6.10 Å². The molecule has 4 nitrogen and oxygen atoms in total. The van der Waals surface area contributed by atoms with E-state index in [4.69, 9.17) is 15.3 Å². The Balaban J connectivity index is 4.11. The molecule has 0 aromatic carbocycles. The van der Waals surface area contributed by atoms with Crippen molar-refractivity contribution in [2.24, 2.45) is 0 Å². The molecule has 0 radical (unpaired) electrons. The van der Waals surface area contributed by atoms with Crippen LogP contribution in [0.5, 0.6) is 0 Å². The van der Waals surface area contributed by atoms with Crippen molar-refractivity contribution in [1.82, 2.24) is 4.90 Å². The van der Waals surface area contributed by atoms with Gasteiger partial charge in [0.2, 0.25) is 0 Å². The predicted molar refractivity (Wildman–Crippen MR) is 42.1 cm³/mol. The molecule has 0 saturated carbocycles. The summed E-state index contributed by atoms with van der Waals surface area (Å²) in [6.07, 6.45) is -0.805. The first-order valence-electron chi connectivity index (χ1n) is 3.38. The van der Waals surface area contributed by atoms with E-state index in [9.17, 15) is 0 Å². The van der Waals surface area contributed by atoms with Crippen LogP contribution in [0.1, 0.15) is 6.92 Å². The highest BCUT2D eigenvalue weighted by Gasteiger charge is 2.15. The molecule has 0 aromatic heterocycles. The largest absolute Gasteiger partial charge is 0.508 e. The zero-order valence-corrected chi connectivity index (χ0v) is 7.02. The molecule has 66 valence electrons. The second-order valence-electron chi connectivity index (χ2n) is 2.70. The van der Waals surface area contributed by atoms with Gasteiger partial charge in [-0.3, -0.25) is 0 Å². The van der Waals surface area contributed by atoms with Gasteiger partial charge in [-0.15, -0.1) is 0 Å². The molecule has 0 amide bonds. The van der Waals surface area contributed by atoms with Crippen LogP contribution in [0, 0.1) is 0 Å². The van der Waals surface area contributed by atoms with E-state index in [-0.39, 0.29) is 5.76 Å². The second-order valence-corrected chi connectivity index (χ2v) is 2.70. The van der Waals surface area contributed by atoms with Crippen molar-refractivity contribution in [3.8, 4) is 0 Å². The minimum absolute atomic E-state index is 0.231. The van der Waals surface area contributed by atoms with E-state index in [0.717, 1.165) is 0 Å². The SMILES string of the molecule is CC(O)C(O)/C(O)=C/N(C)C. The Hall–Kier alpha value is -0.740. The molecule has 11 heavy (non-hydrogen) atoms. The molecule has 0 aliphatic carbocycles. The standard InChI is InChI=1S/C7H15NO3/c1-5(9)7(11)6(10)4-8(2)3/h4-5,7,9-11H,1-3H3/b6-4-. The lowest BCUT2D eigenvalue weighted by molar-refractivity contribution is 0.0278. The van der Waals surface area contributed by atoms with Crippen molar-refractivity contribution >= 4 is 0 Å². The fourth-order valence-corrected chi connectivity index (χ4v) is 0.588. The third kappa shape index (κ3) is 3.85. The highest BCUT2D eigenvalue weighted by atomic mass is 16.4. The average Bonchev–Trinajstić information content (AvgIpc) is 1.84. The van der Waals surface area contributed by atoms with Crippen molar-refractivity contribution in [1.29, 1.82) is 0 Å². The Labute approximate surface area is 66.4 Å². The molecule has 3 N–H and O–H groups in total. The molecule has 0 spiro atoms. The number of aliphatic hydroxyl groups is 3. The lowest BCUT2D eigenvalue weighted by atomic mass is 10.2. The maximum Gasteiger partial charge on any atom is 0.139 e. The van der Waals surface area contributed by atoms with Gasteiger partial charge in [-0.2, -0.15) is 0 Å². The topological polar surface area (TPSA) is 63.9 Å². The van der Waals surface area contributed by atoms with Crippen LogP contribution in [0.25, 0.3) is 0 Å². The number of aliphatic hydroxyl groups excluding tert-OH is 3. The molecule has 0 fully saturated rings. The Morgan fingerprint density at radius 1 is 1.36 bits per heavy atom. The third-order valence-electron chi connectivity index (χ3n) is 1.15. The van der Waals surface area contributed by atoms with Gasteiger partial charge in [-0.05, 0) is 6.92 Å². The van der Waals surface area contributed by atoms with Crippen LogP contribution in [0.3, 0.4) is 0 Å². The van der Waals surface area contributed by atoms with Crippen LogP contribution in [0.15, 0.2) is 12.0 Å². The maximum absolute atomic E-state index is 9.07. The minimum Gasteiger partial charge on any atom is -0.508 e. The van der Waals surface area contributed by atoms with Crippen LogP contribution < -0.4 is 0 Å². The van der Waals surface area contributed by atoms with Gasteiger partial charge < -0.3 is 20.2 Å². The smallest absolute Gasteiger partial charge is 0.139 e. The number of hydrogen-bond donors (Lipinski definition) is 3. The fourth-order valence-electron chi connectivity index (χ4n) is 0.588. The van der Waals surface area contributed by atoms with Crippen molar-refractivity contribution in [2.75, 3.05) is 14.1 Å². The van der Waals surface area contributed by atoms with Gasteiger partial charge in [0.15, 0.2) is 0 Å². The van der Waals surface area contributed by atoms with Crippen molar-refractivity contribution in [2.45, 2.75) is 19.1 Å². The van der Waals surface area contributed by atoms with Crippen LogP contribution >= 0.6 is 0 Å². The molecule has 4 heteroatoms. The van der Waals surface area contributed by atoms with Gasteiger partial charge in [-0.25, -0.2) is 0 Å². The molecule has 0 aliphatic heterocycles. The zero-order valence-electron chi connectivity index (χ0n) is 7.02. The fraction of sp³-hybridized carbons (Fsp3) is 0.714. The summed E-state index contributed by atoms with van der Waals surface area (Å²) < 4.78 is 0. The Kier molecular flexibility index (Phi) is 3.92. The Bertz CT molecular complexity index is 143. The molecule has 0 heterocycles. The minimum atomic E-state index is -1.20. The molecule has 2 unspecified atom stereocenters. The molecule has 0 aliphatic rings. The van der Waals surface area contributed by atoms with Crippen LogP contribution in [0.2, 0.25) is 0 Å². The van der Waals surface area contributed by atoms with E-state index in [1.165, 1.54) is 13.1 Å². The summed E-state index contributed by atoms with van der Waals surface area (Å²) in [7, 11) is 3.43. The summed E-state index contributed by atoms with van der Waals surface area (Å²) in [6.45, 7) is 1.41. The number of hydrogen-bond acceptors (Lipinski definition) is 4. The zero-order chi connectivity index (χ0) is 9.02. The molecule has 0 rings (SSSR count). The molecule has 0 bridgehead atoms. The summed E-state index contributed by atoms with van der Waals surface area (Å²) in [4.78, 5) is 1.58. The first kappa shape index (κ1) is 10.3. The lowest BCUT2D eigenvalue weighted by Crippen LogP contribution is -2.25. The third-order valence-corrected chi connectivity index (χ3v) is 1.15. The predicted octanol–water partition coefficient (Wildman–Crippen LogP) is -0.311. The van der Waals surface area contributed by atoms with Gasteiger partial charge in [0.25, 0.3) is 0 Å². The van der Waals surface area contributed by atoms with E-state index in [1.807, 2.05) is 0 Å². The second kappa shape index (κ2) is 4.20. The van der Waals surface area contributed by atoms with E-state index < -0.39 is 12.2 Å². The van der Waals surface area contributed by atoms with E-state index >= 15 is 0 Å². The van der Waals surface area contributed by atoms with Crippen LogP contribution in [-0.4, -0.2) is 46.5 Å². The number of rotatable bonds is 3. The summed E-state index contributed by atoms with van der Waals surface area (Å²) >= 11 is 0. The first-order chi connectivity index (χ1) is 4.95. The molecular weight excluding hydrogens is 146 g/mol.